The highest BCUT2D eigenvalue weighted by Crippen LogP contribution is 2.15. The van der Waals surface area contributed by atoms with E-state index in [1.54, 1.807) is 0 Å². The highest BCUT2D eigenvalue weighted by Gasteiger charge is 2.33. The summed E-state index contributed by atoms with van der Waals surface area (Å²) in [5, 5.41) is 15.2. The Hall–Kier alpha value is -0.380. The molecule has 13 heavy (non-hydrogen) atoms. The van der Waals surface area contributed by atoms with Crippen LogP contribution in [0.15, 0.2) is 0 Å². The normalized spacial score (nSPS) is 11.8. The quantitative estimate of drug-likeness (QED) is 0.547. The van der Waals surface area contributed by atoms with Gasteiger partial charge < -0.3 is 10.2 Å². The molecule has 0 bridgehead atoms. The summed E-state index contributed by atoms with van der Waals surface area (Å²) in [6.45, 7) is -0.250. The van der Waals surface area contributed by atoms with Gasteiger partial charge in [0.05, 0.1) is 13.2 Å². The Balaban J connectivity index is 0. The van der Waals surface area contributed by atoms with Gasteiger partial charge in [0.1, 0.15) is 0 Å². The van der Waals surface area contributed by atoms with Crippen molar-refractivity contribution in [3.05, 3.63) is 0 Å². The number of aliphatic hydroxyl groups excluding tert-OH is 2. The van der Waals surface area contributed by atoms with Crippen molar-refractivity contribution >= 4 is 10.1 Å². The maximum Gasteiger partial charge on any atom is 0.405 e. The van der Waals surface area contributed by atoms with Gasteiger partial charge in [0, 0.05) is 0 Å². The van der Waals surface area contributed by atoms with Gasteiger partial charge in [0.25, 0.3) is 10.1 Å². The van der Waals surface area contributed by atoms with E-state index in [0.717, 1.165) is 0 Å². The smallest absolute Gasteiger partial charge is 0.394 e. The van der Waals surface area contributed by atoms with Gasteiger partial charge in [-0.1, -0.05) is 0 Å². The highest BCUT2D eigenvalue weighted by molar-refractivity contribution is 7.85. The van der Waals surface area contributed by atoms with Crippen LogP contribution in [-0.2, 0) is 10.1 Å². The van der Waals surface area contributed by atoms with Crippen LogP contribution in [0.1, 0.15) is 0 Å². The van der Waals surface area contributed by atoms with Crippen LogP contribution in [0.5, 0.6) is 0 Å². The fourth-order valence-electron chi connectivity index (χ4n) is 0.207. The van der Waals surface area contributed by atoms with E-state index in [1.807, 2.05) is 0 Å². The molecule has 0 radical (unpaired) electrons. The van der Waals surface area contributed by atoms with Gasteiger partial charge in [0.2, 0.25) is 0 Å². The Bertz CT molecular complexity index is 206. The van der Waals surface area contributed by atoms with Crippen LogP contribution in [0.4, 0.5) is 13.2 Å². The Morgan fingerprint density at radius 3 is 1.38 bits per heavy atom. The molecule has 0 aliphatic heterocycles. The fourth-order valence-corrected chi connectivity index (χ4v) is 0.620. The Kier molecular flexibility index (Phi) is 7.13. The molecule has 0 fully saturated rings. The predicted molar refractivity (Wildman–Crippen MR) is 36.6 cm³/mol. The van der Waals surface area contributed by atoms with E-state index in [2.05, 4.69) is 0 Å². The third-order valence-corrected chi connectivity index (χ3v) is 1.14. The monoisotopic (exact) mass is 226 g/mol. The van der Waals surface area contributed by atoms with Gasteiger partial charge >= 0.3 is 6.18 Å². The molecule has 0 atom stereocenters. The average Bonchev–Trinajstić information content (AvgIpc) is 1.80. The van der Waals surface area contributed by atoms with Gasteiger partial charge in [-0.2, -0.15) is 21.6 Å². The van der Waals surface area contributed by atoms with Gasteiger partial charge in [-0.05, 0) is 0 Å². The van der Waals surface area contributed by atoms with Crippen molar-refractivity contribution < 1.29 is 36.4 Å². The molecule has 5 nitrogen and oxygen atoms in total. The van der Waals surface area contributed by atoms with Crippen LogP contribution in [0.2, 0.25) is 0 Å². The minimum absolute atomic E-state index is 0.125. The van der Waals surface area contributed by atoms with E-state index < -0.39 is 22.0 Å². The van der Waals surface area contributed by atoms with Gasteiger partial charge in [-0.25, -0.2) is 0 Å². The van der Waals surface area contributed by atoms with E-state index in [0.29, 0.717) is 0 Å². The molecule has 9 heteroatoms. The summed E-state index contributed by atoms with van der Waals surface area (Å²) >= 11 is 0. The number of rotatable bonds is 2. The third-order valence-electron chi connectivity index (χ3n) is 0.446. The van der Waals surface area contributed by atoms with E-state index in [-0.39, 0.29) is 13.2 Å². The lowest BCUT2D eigenvalue weighted by Crippen LogP contribution is -2.21. The summed E-state index contributed by atoms with van der Waals surface area (Å²) in [4.78, 5) is 0. The topological polar surface area (TPSA) is 94.8 Å². The van der Waals surface area contributed by atoms with E-state index in [4.69, 9.17) is 14.8 Å². The second-order valence-electron chi connectivity index (χ2n) is 1.79. The summed E-state index contributed by atoms with van der Waals surface area (Å²) in [5.74, 6) is -2.18. The number of alkyl halides is 3. The zero-order valence-corrected chi connectivity index (χ0v) is 7.14. The summed E-state index contributed by atoms with van der Waals surface area (Å²) < 4.78 is 59.6. The van der Waals surface area contributed by atoms with Crippen molar-refractivity contribution in [1.82, 2.24) is 0 Å². The molecular formula is C4H9F3O5S. The van der Waals surface area contributed by atoms with Crippen molar-refractivity contribution in [2.24, 2.45) is 0 Å². The maximum absolute atomic E-state index is 11.0. The molecular weight excluding hydrogens is 217 g/mol. The molecule has 0 heterocycles. The molecule has 82 valence electrons. The van der Waals surface area contributed by atoms with Crippen molar-refractivity contribution in [3.63, 3.8) is 0 Å². The molecule has 0 aromatic carbocycles. The molecule has 0 saturated heterocycles. The van der Waals surface area contributed by atoms with Crippen LogP contribution in [-0.4, -0.2) is 48.3 Å². The zero-order chi connectivity index (χ0) is 11.1. The van der Waals surface area contributed by atoms with Crippen LogP contribution >= 0.6 is 0 Å². The van der Waals surface area contributed by atoms with Gasteiger partial charge in [0.15, 0.2) is 5.75 Å². The minimum Gasteiger partial charge on any atom is -0.394 e. The largest absolute Gasteiger partial charge is 0.405 e. The summed E-state index contributed by atoms with van der Waals surface area (Å²) in [5.41, 5.74) is 0. The lowest BCUT2D eigenvalue weighted by molar-refractivity contribution is -0.107. The summed E-state index contributed by atoms with van der Waals surface area (Å²) in [6, 6.07) is 0. The molecule has 0 saturated carbocycles. The first kappa shape index (κ1) is 15.1. The lowest BCUT2D eigenvalue weighted by Gasteiger charge is -2.00. The van der Waals surface area contributed by atoms with Crippen molar-refractivity contribution in [1.29, 1.82) is 0 Å². The minimum atomic E-state index is -4.91. The predicted octanol–water partition coefficient (Wildman–Crippen LogP) is -0.592. The molecule has 0 aromatic rings. The molecule has 0 aliphatic rings. The first-order chi connectivity index (χ1) is 5.62. The SMILES string of the molecule is O=S(=O)(O)CC(F)(F)F.OCCO. The first-order valence-electron chi connectivity index (χ1n) is 2.86. The molecule has 0 spiro atoms. The first-order valence-corrected chi connectivity index (χ1v) is 4.47. The second-order valence-corrected chi connectivity index (χ2v) is 3.24. The molecule has 0 aromatic heterocycles. The number of hydrogen-bond acceptors (Lipinski definition) is 4. The molecule has 0 aliphatic carbocycles. The Labute approximate surface area is 72.6 Å². The van der Waals surface area contributed by atoms with E-state index in [1.165, 1.54) is 0 Å². The van der Waals surface area contributed by atoms with Crippen LogP contribution in [0.25, 0.3) is 0 Å². The number of hydrogen-bond donors (Lipinski definition) is 3. The van der Waals surface area contributed by atoms with Crippen molar-refractivity contribution in [2.45, 2.75) is 6.18 Å². The maximum atomic E-state index is 11.0. The number of aliphatic hydroxyl groups is 2. The summed E-state index contributed by atoms with van der Waals surface area (Å²) in [7, 11) is -4.91. The average molecular weight is 226 g/mol. The van der Waals surface area contributed by atoms with E-state index >= 15 is 0 Å². The molecule has 0 amide bonds. The third kappa shape index (κ3) is 24.5. The van der Waals surface area contributed by atoms with Gasteiger partial charge in [-0.3, -0.25) is 4.55 Å². The van der Waals surface area contributed by atoms with Crippen LogP contribution < -0.4 is 0 Å². The lowest BCUT2D eigenvalue weighted by atomic mass is 10.8. The van der Waals surface area contributed by atoms with Crippen LogP contribution in [0, 0.1) is 0 Å². The molecule has 0 rings (SSSR count). The molecule has 0 unspecified atom stereocenters. The Morgan fingerprint density at radius 2 is 1.38 bits per heavy atom. The molecule has 3 N–H and O–H groups in total. The van der Waals surface area contributed by atoms with Crippen molar-refractivity contribution in [3.8, 4) is 0 Å². The highest BCUT2D eigenvalue weighted by atomic mass is 32.2. The summed E-state index contributed by atoms with van der Waals surface area (Å²) in [6.07, 6.45) is -4.85. The second kappa shape index (κ2) is 6.13. The Morgan fingerprint density at radius 1 is 1.08 bits per heavy atom. The van der Waals surface area contributed by atoms with Crippen LogP contribution in [0.3, 0.4) is 0 Å². The zero-order valence-electron chi connectivity index (χ0n) is 6.32. The standard InChI is InChI=1S/C2H3F3O3S.C2H6O2/c3-2(4,5)1-9(6,7)8;3-1-2-4/h1H2,(H,6,7,8);3-4H,1-2H2. The number of halogens is 3. The van der Waals surface area contributed by atoms with Gasteiger partial charge in [-0.15, -0.1) is 0 Å². The van der Waals surface area contributed by atoms with E-state index in [9.17, 15) is 21.6 Å². The van der Waals surface area contributed by atoms with Crippen molar-refractivity contribution in [2.75, 3.05) is 19.0 Å². The fraction of sp³-hybridized carbons (Fsp3) is 1.00.